The third-order valence-corrected chi connectivity index (χ3v) is 6.06. The van der Waals surface area contributed by atoms with Crippen LogP contribution in [-0.2, 0) is 19.5 Å². The van der Waals surface area contributed by atoms with Crippen molar-refractivity contribution in [3.8, 4) is 0 Å². The molecule has 2 N–H and O–H groups in total. The van der Waals surface area contributed by atoms with Crippen LogP contribution in [0.4, 0.5) is 11.6 Å². The van der Waals surface area contributed by atoms with Crippen LogP contribution in [0.2, 0.25) is 5.02 Å². The molecule has 0 bridgehead atoms. The summed E-state index contributed by atoms with van der Waals surface area (Å²) < 4.78 is 2.49. The first-order valence-electron chi connectivity index (χ1n) is 10.5. The van der Waals surface area contributed by atoms with E-state index in [1.54, 1.807) is 12.1 Å². The van der Waals surface area contributed by atoms with E-state index in [0.29, 0.717) is 11.4 Å². The van der Waals surface area contributed by atoms with Gasteiger partial charge in [0.2, 0.25) is 5.95 Å². The van der Waals surface area contributed by atoms with Crippen molar-refractivity contribution in [1.29, 1.82) is 0 Å². The molecule has 0 unspecified atom stereocenters. The molecular formula is C24H25ClN4O3. The van der Waals surface area contributed by atoms with Gasteiger partial charge in [-0.25, -0.2) is 14.2 Å². The van der Waals surface area contributed by atoms with Crippen molar-refractivity contribution in [3.63, 3.8) is 0 Å². The monoisotopic (exact) mass is 452 g/mol. The topological polar surface area (TPSA) is 89.2 Å². The van der Waals surface area contributed by atoms with Crippen molar-refractivity contribution < 1.29 is 5.11 Å². The average molecular weight is 453 g/mol. The second-order valence-electron chi connectivity index (χ2n) is 8.02. The van der Waals surface area contributed by atoms with Gasteiger partial charge in [0.15, 0.2) is 0 Å². The number of aliphatic hydroxyl groups is 1. The number of hydrogen-bond donors (Lipinski definition) is 2. The molecule has 0 saturated heterocycles. The van der Waals surface area contributed by atoms with Crippen molar-refractivity contribution in [2.24, 2.45) is 0 Å². The van der Waals surface area contributed by atoms with Gasteiger partial charge in [-0.3, -0.25) is 4.57 Å². The zero-order valence-electron chi connectivity index (χ0n) is 18.1. The van der Waals surface area contributed by atoms with Crippen molar-refractivity contribution in [1.82, 2.24) is 14.1 Å². The first-order valence-corrected chi connectivity index (χ1v) is 10.9. The Labute approximate surface area is 190 Å². The molecule has 0 radical (unpaired) electrons. The number of rotatable bonds is 7. The number of benzene rings is 2. The molecule has 1 aliphatic carbocycles. The van der Waals surface area contributed by atoms with Crippen LogP contribution in [0.3, 0.4) is 0 Å². The van der Waals surface area contributed by atoms with E-state index >= 15 is 0 Å². The summed E-state index contributed by atoms with van der Waals surface area (Å²) in [5.74, 6) is 0.173. The molecule has 166 valence electrons. The third-order valence-electron chi connectivity index (χ3n) is 5.81. The van der Waals surface area contributed by atoms with E-state index in [9.17, 15) is 9.59 Å². The summed E-state index contributed by atoms with van der Waals surface area (Å²) in [5.41, 5.74) is 5.47. The predicted molar refractivity (Wildman–Crippen MR) is 127 cm³/mol. The van der Waals surface area contributed by atoms with Crippen LogP contribution >= 0.6 is 11.6 Å². The molecule has 0 aliphatic heterocycles. The van der Waals surface area contributed by atoms with Gasteiger partial charge in [0.25, 0.3) is 0 Å². The Morgan fingerprint density at radius 2 is 1.84 bits per heavy atom. The second-order valence-corrected chi connectivity index (χ2v) is 8.46. The Morgan fingerprint density at radius 1 is 1.09 bits per heavy atom. The highest BCUT2D eigenvalue weighted by molar-refractivity contribution is 6.30. The number of allylic oxidation sites excluding steroid dienone is 2. The maximum atomic E-state index is 13.2. The average Bonchev–Trinajstić information content (AvgIpc) is 3.05. The minimum absolute atomic E-state index is 0.101. The highest BCUT2D eigenvalue weighted by atomic mass is 35.5. The Hall–Kier alpha value is -3.16. The van der Waals surface area contributed by atoms with Gasteiger partial charge in [-0.2, -0.15) is 4.98 Å². The molecule has 7 nitrogen and oxygen atoms in total. The fraction of sp³-hybridized carbons (Fsp3) is 0.292. The molecule has 1 heterocycles. The summed E-state index contributed by atoms with van der Waals surface area (Å²) in [6, 6.07) is 13.2. The van der Waals surface area contributed by atoms with E-state index in [1.165, 1.54) is 21.3 Å². The largest absolute Gasteiger partial charge is 0.396 e. The smallest absolute Gasteiger partial charge is 0.354 e. The molecular weight excluding hydrogens is 428 g/mol. The summed E-state index contributed by atoms with van der Waals surface area (Å²) in [6.45, 7) is 4.42. The lowest BCUT2D eigenvalue weighted by molar-refractivity contribution is 0.276. The van der Waals surface area contributed by atoms with Crippen LogP contribution in [0.1, 0.15) is 37.0 Å². The van der Waals surface area contributed by atoms with Crippen LogP contribution in [-0.4, -0.2) is 25.8 Å². The van der Waals surface area contributed by atoms with Crippen LogP contribution in [0, 0.1) is 0 Å². The molecule has 0 amide bonds. The van der Waals surface area contributed by atoms with Crippen LogP contribution in [0.15, 0.2) is 57.6 Å². The number of aliphatic hydroxyl groups excluding tert-OH is 1. The number of halogens is 1. The molecule has 8 heteroatoms. The first-order chi connectivity index (χ1) is 15.4. The van der Waals surface area contributed by atoms with Gasteiger partial charge >= 0.3 is 11.4 Å². The Bertz CT molecular complexity index is 1310. The quantitative estimate of drug-likeness (QED) is 0.572. The summed E-state index contributed by atoms with van der Waals surface area (Å²) in [7, 11) is 0. The number of anilines is 2. The molecule has 32 heavy (non-hydrogen) atoms. The first kappa shape index (κ1) is 22.0. The Kier molecular flexibility index (Phi) is 6.30. The molecule has 0 fully saturated rings. The van der Waals surface area contributed by atoms with E-state index in [0.717, 1.165) is 27.8 Å². The number of aromatic nitrogens is 3. The molecule has 4 rings (SSSR count). The van der Waals surface area contributed by atoms with Gasteiger partial charge in [-0.05, 0) is 73.2 Å². The van der Waals surface area contributed by atoms with Crippen molar-refractivity contribution in [2.45, 2.75) is 39.8 Å². The van der Waals surface area contributed by atoms with E-state index in [1.807, 2.05) is 24.3 Å². The molecule has 0 spiro atoms. The van der Waals surface area contributed by atoms with Crippen LogP contribution in [0.5, 0.6) is 0 Å². The minimum atomic E-state index is -0.647. The summed E-state index contributed by atoms with van der Waals surface area (Å²) in [4.78, 5) is 29.9. The van der Waals surface area contributed by atoms with E-state index < -0.39 is 11.4 Å². The summed E-state index contributed by atoms with van der Waals surface area (Å²) >= 11 is 5.99. The van der Waals surface area contributed by atoms with Gasteiger partial charge in [0.05, 0.1) is 6.54 Å². The standard InChI is InChI=1S/C24H25ClN4O3/c1-15-12-18-6-9-20(13-21(18)16(15)2)26-22-27-23(31)28(10-3-11-30)24(32)29(22)14-17-4-7-19(25)8-5-17/h4-9,13,30H,3,10-12,14H2,1-2H3,(H,26,27,31). The van der Waals surface area contributed by atoms with Crippen molar-refractivity contribution in [3.05, 3.63) is 90.7 Å². The predicted octanol–water partition coefficient (Wildman–Crippen LogP) is 3.58. The lowest BCUT2D eigenvalue weighted by atomic mass is 10.1. The highest BCUT2D eigenvalue weighted by Gasteiger charge is 2.18. The minimum Gasteiger partial charge on any atom is -0.396 e. The number of nitrogens with one attached hydrogen (secondary N) is 1. The van der Waals surface area contributed by atoms with Crippen molar-refractivity contribution in [2.75, 3.05) is 11.9 Å². The van der Waals surface area contributed by atoms with Gasteiger partial charge in [0.1, 0.15) is 0 Å². The molecule has 1 aliphatic rings. The molecule has 2 aromatic carbocycles. The fourth-order valence-electron chi connectivity index (χ4n) is 3.89. The van der Waals surface area contributed by atoms with Crippen LogP contribution < -0.4 is 16.7 Å². The van der Waals surface area contributed by atoms with Crippen molar-refractivity contribution >= 4 is 28.8 Å². The summed E-state index contributed by atoms with van der Waals surface area (Å²) in [5, 5.41) is 12.9. The SMILES string of the molecule is CC1=C(C)c2cc(Nc3nc(=O)n(CCCO)c(=O)n3Cc3ccc(Cl)cc3)ccc2C1. The lowest BCUT2D eigenvalue weighted by Gasteiger charge is -2.16. The van der Waals surface area contributed by atoms with Gasteiger partial charge in [-0.1, -0.05) is 35.4 Å². The van der Waals surface area contributed by atoms with Gasteiger partial charge < -0.3 is 10.4 Å². The third kappa shape index (κ3) is 4.40. The van der Waals surface area contributed by atoms with Crippen LogP contribution in [0.25, 0.3) is 5.57 Å². The number of hydrogen-bond acceptors (Lipinski definition) is 5. The summed E-state index contributed by atoms with van der Waals surface area (Å²) in [6.07, 6.45) is 1.22. The highest BCUT2D eigenvalue weighted by Crippen LogP contribution is 2.34. The molecule has 1 aromatic heterocycles. The number of nitrogens with zero attached hydrogens (tertiary/aromatic N) is 3. The molecule has 3 aromatic rings. The van der Waals surface area contributed by atoms with E-state index in [-0.39, 0.29) is 25.6 Å². The molecule has 0 saturated carbocycles. The second kappa shape index (κ2) is 9.14. The van der Waals surface area contributed by atoms with Gasteiger partial charge in [0, 0.05) is 23.9 Å². The maximum Gasteiger partial charge on any atom is 0.354 e. The lowest BCUT2D eigenvalue weighted by Crippen LogP contribution is -2.42. The fourth-order valence-corrected chi connectivity index (χ4v) is 4.02. The van der Waals surface area contributed by atoms with E-state index in [2.05, 4.69) is 30.2 Å². The van der Waals surface area contributed by atoms with E-state index in [4.69, 9.17) is 16.7 Å². The maximum absolute atomic E-state index is 13.2. The Balaban J connectivity index is 1.76. The van der Waals surface area contributed by atoms with Gasteiger partial charge in [-0.15, -0.1) is 0 Å². The molecule has 0 atom stereocenters. The normalized spacial score (nSPS) is 12.9. The zero-order valence-corrected chi connectivity index (χ0v) is 18.8. The Morgan fingerprint density at radius 3 is 2.56 bits per heavy atom. The zero-order chi connectivity index (χ0) is 22.8. The number of fused-ring (bicyclic) bond motifs is 1.